The molecule has 0 aliphatic heterocycles. The normalized spacial score (nSPS) is 13.1. The number of amides is 2. The van der Waals surface area contributed by atoms with Gasteiger partial charge in [-0.2, -0.15) is 0 Å². The summed E-state index contributed by atoms with van der Waals surface area (Å²) in [5.74, 6) is -0.00582. The van der Waals surface area contributed by atoms with Crippen LogP contribution >= 0.6 is 0 Å². The number of carbonyl (C=O) groups excluding carboxylic acids is 2. The summed E-state index contributed by atoms with van der Waals surface area (Å²) in [5.41, 5.74) is 8.87. The van der Waals surface area contributed by atoms with Crippen LogP contribution in [0.3, 0.4) is 0 Å². The number of nitrogens with zero attached hydrogens (tertiary/aromatic N) is 2. The number of aromatic amines is 1. The van der Waals surface area contributed by atoms with Gasteiger partial charge in [0.15, 0.2) is 6.04 Å². The summed E-state index contributed by atoms with van der Waals surface area (Å²) in [6.45, 7) is 1.17. The molecule has 154 valence electrons. The van der Waals surface area contributed by atoms with Gasteiger partial charge in [-0.3, -0.25) is 4.79 Å². The standard InChI is InChI=1S/C22H22N4O4/c1-12-19(22(29)26(2,3)17(11-27)20(23)28)14-10-13(8-9-18(14)30-12)21-24-15-6-4-5-7-16(15)25-21/h4-10,17,27H,11H2,1-3H3,(H2-,23,24,25,28)/p+1. The Bertz CT molecular complexity index is 1250. The van der Waals surface area contributed by atoms with Crippen molar-refractivity contribution in [1.29, 1.82) is 0 Å². The fourth-order valence-electron chi connectivity index (χ4n) is 3.76. The Labute approximate surface area is 172 Å². The van der Waals surface area contributed by atoms with Gasteiger partial charge in [0, 0.05) is 10.9 Å². The number of nitrogens with one attached hydrogen (secondary N) is 1. The Morgan fingerprint density at radius 1 is 1.23 bits per heavy atom. The summed E-state index contributed by atoms with van der Waals surface area (Å²) in [6.07, 6.45) is 0. The van der Waals surface area contributed by atoms with E-state index in [1.165, 1.54) is 0 Å². The lowest BCUT2D eigenvalue weighted by molar-refractivity contribution is -0.825. The molecule has 0 saturated carbocycles. The largest absolute Gasteiger partial charge is 0.460 e. The molecule has 2 amide bonds. The van der Waals surface area contributed by atoms with Gasteiger partial charge in [0.2, 0.25) is 0 Å². The van der Waals surface area contributed by atoms with E-state index in [0.717, 1.165) is 16.6 Å². The van der Waals surface area contributed by atoms with E-state index >= 15 is 0 Å². The van der Waals surface area contributed by atoms with Crippen LogP contribution in [0.15, 0.2) is 46.9 Å². The topological polar surface area (TPSA) is 122 Å². The molecule has 0 saturated heterocycles. The fourth-order valence-corrected chi connectivity index (χ4v) is 3.76. The Balaban J connectivity index is 1.84. The number of imidazole rings is 1. The number of aliphatic hydroxyl groups excluding tert-OH is 1. The Morgan fingerprint density at radius 3 is 2.63 bits per heavy atom. The Hall–Kier alpha value is -3.49. The molecule has 0 aliphatic carbocycles. The van der Waals surface area contributed by atoms with E-state index < -0.39 is 23.0 Å². The van der Waals surface area contributed by atoms with Crippen LogP contribution in [0.5, 0.6) is 0 Å². The van der Waals surface area contributed by atoms with Gasteiger partial charge in [0.1, 0.15) is 29.3 Å². The molecule has 8 nitrogen and oxygen atoms in total. The first-order valence-corrected chi connectivity index (χ1v) is 9.51. The number of benzene rings is 2. The van der Waals surface area contributed by atoms with Gasteiger partial charge in [-0.05, 0) is 37.3 Å². The third-order valence-electron chi connectivity index (χ3n) is 5.54. The van der Waals surface area contributed by atoms with Crippen LogP contribution in [-0.4, -0.2) is 58.1 Å². The number of para-hydroxylation sites is 2. The molecule has 4 aromatic rings. The smallest absolute Gasteiger partial charge is 0.350 e. The number of furan rings is 1. The highest BCUT2D eigenvalue weighted by Crippen LogP contribution is 2.32. The van der Waals surface area contributed by atoms with Gasteiger partial charge < -0.3 is 20.2 Å². The number of hydrogen-bond acceptors (Lipinski definition) is 5. The van der Waals surface area contributed by atoms with Crippen LogP contribution in [0.25, 0.3) is 33.4 Å². The molecule has 8 heteroatoms. The van der Waals surface area contributed by atoms with Gasteiger partial charge in [0.05, 0.1) is 25.1 Å². The van der Waals surface area contributed by atoms with Gasteiger partial charge in [-0.1, -0.05) is 12.1 Å². The van der Waals surface area contributed by atoms with E-state index in [2.05, 4.69) is 9.97 Å². The number of aromatic nitrogens is 2. The van der Waals surface area contributed by atoms with Crippen LogP contribution < -0.4 is 5.73 Å². The van der Waals surface area contributed by atoms with Crippen LogP contribution in [0.4, 0.5) is 0 Å². The number of likely N-dealkylation sites (N-methyl/N-ethyl adjacent to an activating group) is 1. The number of aliphatic hydroxyl groups is 1. The summed E-state index contributed by atoms with van der Waals surface area (Å²) in [7, 11) is 3.10. The first-order valence-electron chi connectivity index (χ1n) is 9.51. The van der Waals surface area contributed by atoms with Crippen molar-refractivity contribution < 1.29 is 23.6 Å². The molecule has 0 bridgehead atoms. The van der Waals surface area contributed by atoms with Crippen LogP contribution in [0.1, 0.15) is 16.1 Å². The minimum atomic E-state index is -1.07. The van der Waals surface area contributed by atoms with Crippen molar-refractivity contribution in [2.75, 3.05) is 20.7 Å². The molecule has 0 aliphatic rings. The zero-order valence-electron chi connectivity index (χ0n) is 17.0. The highest BCUT2D eigenvalue weighted by Gasteiger charge is 2.42. The lowest BCUT2D eigenvalue weighted by atomic mass is 10.0. The van der Waals surface area contributed by atoms with E-state index in [0.29, 0.717) is 28.1 Å². The Morgan fingerprint density at radius 2 is 1.97 bits per heavy atom. The summed E-state index contributed by atoms with van der Waals surface area (Å²) in [6, 6.07) is 12.2. The number of aryl methyl sites for hydroxylation is 1. The predicted octanol–water partition coefficient (Wildman–Crippen LogP) is 2.35. The summed E-state index contributed by atoms with van der Waals surface area (Å²) in [5, 5.41) is 10.2. The number of carbonyl (C=O) groups is 2. The molecule has 1 atom stereocenters. The molecule has 0 radical (unpaired) electrons. The second-order valence-electron chi connectivity index (χ2n) is 7.79. The molecule has 0 fully saturated rings. The molecule has 2 heterocycles. The number of fused-ring (bicyclic) bond motifs is 2. The summed E-state index contributed by atoms with van der Waals surface area (Å²) < 4.78 is 5.38. The quantitative estimate of drug-likeness (QED) is 0.438. The van der Waals surface area contributed by atoms with Gasteiger partial charge in [0.25, 0.3) is 5.91 Å². The minimum absolute atomic E-state index is 0.354. The summed E-state index contributed by atoms with van der Waals surface area (Å²) >= 11 is 0. The molecule has 2 aromatic carbocycles. The van der Waals surface area contributed by atoms with Crippen molar-refractivity contribution in [2.24, 2.45) is 5.73 Å². The molecule has 2 aromatic heterocycles. The lowest BCUT2D eigenvalue weighted by Gasteiger charge is -2.32. The molecule has 30 heavy (non-hydrogen) atoms. The molecular formula is C22H23N4O4+. The first-order chi connectivity index (χ1) is 14.2. The summed E-state index contributed by atoms with van der Waals surface area (Å²) in [4.78, 5) is 33.1. The average Bonchev–Trinajstić information content (AvgIpc) is 3.26. The maximum Gasteiger partial charge on any atom is 0.350 e. The molecule has 0 spiro atoms. The number of rotatable bonds is 5. The molecule has 4 N–H and O–H groups in total. The van der Waals surface area contributed by atoms with Crippen molar-refractivity contribution in [3.05, 3.63) is 53.8 Å². The SMILES string of the molecule is Cc1oc2ccc(-c3nc4ccccc4[nH]3)cc2c1C(=O)[N+](C)(C)C(CO)C(N)=O. The van der Waals surface area contributed by atoms with Crippen molar-refractivity contribution in [1.82, 2.24) is 9.97 Å². The predicted molar refractivity (Wildman–Crippen MR) is 113 cm³/mol. The fraction of sp³-hybridized carbons (Fsp3) is 0.227. The second kappa shape index (κ2) is 7.08. The highest BCUT2D eigenvalue weighted by atomic mass is 16.3. The lowest BCUT2D eigenvalue weighted by Crippen LogP contribution is -2.60. The highest BCUT2D eigenvalue weighted by molar-refractivity contribution is 6.05. The van der Waals surface area contributed by atoms with Gasteiger partial charge in [-0.15, -0.1) is 0 Å². The zero-order valence-corrected chi connectivity index (χ0v) is 17.0. The molecule has 1 unspecified atom stereocenters. The molecular weight excluding hydrogens is 384 g/mol. The average molecular weight is 407 g/mol. The number of hydrogen-bond donors (Lipinski definition) is 3. The number of H-pyrrole nitrogens is 1. The van der Waals surface area contributed by atoms with Crippen molar-refractivity contribution >= 4 is 33.8 Å². The molecule has 4 rings (SSSR count). The maximum absolute atomic E-state index is 13.4. The van der Waals surface area contributed by atoms with Crippen LogP contribution in [-0.2, 0) is 4.79 Å². The van der Waals surface area contributed by atoms with E-state index in [9.17, 15) is 14.7 Å². The second-order valence-corrected chi connectivity index (χ2v) is 7.79. The van der Waals surface area contributed by atoms with Crippen molar-refractivity contribution in [3.63, 3.8) is 0 Å². The van der Waals surface area contributed by atoms with E-state index in [-0.39, 0.29) is 5.91 Å². The third kappa shape index (κ3) is 3.06. The Kier molecular flexibility index (Phi) is 4.68. The number of quaternary nitrogens is 1. The zero-order chi connectivity index (χ0) is 21.6. The monoisotopic (exact) mass is 407 g/mol. The minimum Gasteiger partial charge on any atom is -0.460 e. The van der Waals surface area contributed by atoms with E-state index in [1.54, 1.807) is 27.1 Å². The van der Waals surface area contributed by atoms with Gasteiger partial charge in [-0.25, -0.2) is 14.3 Å². The van der Waals surface area contributed by atoms with Crippen molar-refractivity contribution in [3.8, 4) is 11.4 Å². The maximum atomic E-state index is 13.4. The van der Waals surface area contributed by atoms with Crippen LogP contribution in [0.2, 0.25) is 0 Å². The van der Waals surface area contributed by atoms with Crippen molar-refractivity contribution in [2.45, 2.75) is 13.0 Å². The van der Waals surface area contributed by atoms with E-state index in [1.807, 2.05) is 36.4 Å². The number of nitrogens with two attached hydrogens (primary N) is 1. The first kappa shape index (κ1) is 19.8. The van der Waals surface area contributed by atoms with Crippen LogP contribution in [0, 0.1) is 6.92 Å². The third-order valence-corrected chi connectivity index (χ3v) is 5.54. The van der Waals surface area contributed by atoms with Gasteiger partial charge >= 0.3 is 5.91 Å². The van der Waals surface area contributed by atoms with E-state index in [4.69, 9.17) is 10.2 Å². The number of primary amides is 1.